The van der Waals surface area contributed by atoms with Crippen LogP contribution in [0.5, 0.6) is 0 Å². The Hall–Kier alpha value is -0.350. The summed E-state index contributed by atoms with van der Waals surface area (Å²) in [6, 6.07) is 2.54. The summed E-state index contributed by atoms with van der Waals surface area (Å²) in [7, 11) is 0. The van der Waals surface area contributed by atoms with Crippen LogP contribution in [0.1, 0.15) is 45.8 Å². The van der Waals surface area contributed by atoms with E-state index in [1.54, 1.807) is 11.3 Å². The Morgan fingerprint density at radius 1 is 1.39 bits per heavy atom. The molecule has 3 rings (SSSR count). The van der Waals surface area contributed by atoms with Gasteiger partial charge in [0, 0.05) is 22.8 Å². The molecular weight excluding hydrogens is 310 g/mol. The van der Waals surface area contributed by atoms with Gasteiger partial charge in [0.05, 0.1) is 4.88 Å². The van der Waals surface area contributed by atoms with Crippen molar-refractivity contribution < 1.29 is 4.79 Å². The molecule has 0 N–H and O–H groups in total. The number of aryl methyl sites for hydroxylation is 2. The predicted octanol–water partition coefficient (Wildman–Crippen LogP) is 3.63. The Bertz CT molecular complexity index is 435. The maximum atomic E-state index is 12.6. The molecule has 1 atom stereocenters. The van der Waals surface area contributed by atoms with Gasteiger partial charge in [0.1, 0.15) is 0 Å². The van der Waals surface area contributed by atoms with Crippen LogP contribution in [0.25, 0.3) is 0 Å². The molecule has 1 unspecified atom stereocenters. The van der Waals surface area contributed by atoms with Gasteiger partial charge in [-0.05, 0) is 50.2 Å². The van der Waals surface area contributed by atoms with E-state index in [-0.39, 0.29) is 5.91 Å². The summed E-state index contributed by atoms with van der Waals surface area (Å²) in [5, 5.41) is 0.907. The molecule has 1 fully saturated rings. The highest BCUT2D eigenvalue weighted by Gasteiger charge is 2.28. The molecule has 4 heteroatoms. The summed E-state index contributed by atoms with van der Waals surface area (Å²) in [5.41, 5.74) is 1.43. The average molecular weight is 328 g/mol. The van der Waals surface area contributed by atoms with E-state index in [2.05, 4.69) is 26.9 Å². The molecule has 2 nitrogen and oxygen atoms in total. The fourth-order valence-electron chi connectivity index (χ4n) is 3.00. The maximum absolute atomic E-state index is 12.6. The highest BCUT2D eigenvalue weighted by Crippen LogP contribution is 2.32. The Balaban J connectivity index is 1.80. The Morgan fingerprint density at radius 3 is 3.06 bits per heavy atom. The van der Waals surface area contributed by atoms with Crippen molar-refractivity contribution in [2.45, 2.75) is 44.6 Å². The highest BCUT2D eigenvalue weighted by molar-refractivity contribution is 9.09. The minimum atomic E-state index is 0.263. The van der Waals surface area contributed by atoms with Crippen molar-refractivity contribution in [2.75, 3.05) is 11.9 Å². The second-order valence-corrected chi connectivity index (χ2v) is 7.00. The topological polar surface area (TPSA) is 20.3 Å². The van der Waals surface area contributed by atoms with Crippen molar-refractivity contribution in [2.24, 2.45) is 0 Å². The minimum Gasteiger partial charge on any atom is -0.334 e. The lowest BCUT2D eigenvalue weighted by molar-refractivity contribution is 0.0647. The number of thiophene rings is 1. The maximum Gasteiger partial charge on any atom is 0.264 e. The van der Waals surface area contributed by atoms with Gasteiger partial charge in [0.15, 0.2) is 0 Å². The molecule has 18 heavy (non-hydrogen) atoms. The Kier molecular flexibility index (Phi) is 3.76. The highest BCUT2D eigenvalue weighted by atomic mass is 79.9. The number of alkyl halides is 1. The number of nitrogens with zero attached hydrogens (tertiary/aromatic N) is 1. The molecule has 1 saturated heterocycles. The van der Waals surface area contributed by atoms with Crippen molar-refractivity contribution in [1.29, 1.82) is 0 Å². The lowest BCUT2D eigenvalue weighted by atomic mass is 10.0. The van der Waals surface area contributed by atoms with Gasteiger partial charge < -0.3 is 4.90 Å². The van der Waals surface area contributed by atoms with Crippen molar-refractivity contribution >= 4 is 33.2 Å². The second-order valence-electron chi connectivity index (χ2n) is 5.22. The molecule has 0 radical (unpaired) electrons. The Morgan fingerprint density at radius 2 is 2.28 bits per heavy atom. The summed E-state index contributed by atoms with van der Waals surface area (Å²) in [6.45, 7) is 0.928. The van der Waals surface area contributed by atoms with Gasteiger partial charge in [-0.15, -0.1) is 11.3 Å². The third-order valence-corrected chi connectivity index (χ3v) is 6.00. The number of hydrogen-bond donors (Lipinski definition) is 0. The van der Waals surface area contributed by atoms with Crippen LogP contribution in [0.15, 0.2) is 6.07 Å². The van der Waals surface area contributed by atoms with Crippen LogP contribution >= 0.6 is 27.3 Å². The van der Waals surface area contributed by atoms with Gasteiger partial charge in [-0.25, -0.2) is 0 Å². The molecule has 0 saturated carbocycles. The molecule has 0 bridgehead atoms. The molecule has 1 aromatic heterocycles. The first kappa shape index (κ1) is 12.7. The van der Waals surface area contributed by atoms with E-state index in [1.807, 2.05) is 0 Å². The lowest BCUT2D eigenvalue weighted by Crippen LogP contribution is -2.44. The molecule has 2 aliphatic rings. The summed E-state index contributed by atoms with van der Waals surface area (Å²) >= 11 is 5.28. The van der Waals surface area contributed by atoms with Crippen molar-refractivity contribution in [3.63, 3.8) is 0 Å². The third-order valence-electron chi connectivity index (χ3n) is 4.02. The number of halogens is 1. The first-order valence-corrected chi connectivity index (χ1v) is 8.72. The average Bonchev–Trinajstić information content (AvgIpc) is 2.98. The number of carbonyl (C=O) groups excluding carboxylic acids is 1. The third kappa shape index (κ3) is 2.25. The van der Waals surface area contributed by atoms with E-state index < -0.39 is 0 Å². The monoisotopic (exact) mass is 327 g/mol. The van der Waals surface area contributed by atoms with Crippen LogP contribution in [0.3, 0.4) is 0 Å². The van der Waals surface area contributed by atoms with E-state index in [1.165, 1.54) is 36.1 Å². The summed E-state index contributed by atoms with van der Waals surface area (Å²) in [4.78, 5) is 17.1. The van der Waals surface area contributed by atoms with Crippen molar-refractivity contribution in [3.05, 3.63) is 21.4 Å². The van der Waals surface area contributed by atoms with Crippen LogP contribution in [-0.2, 0) is 12.8 Å². The molecule has 1 aliphatic heterocycles. The molecule has 2 heterocycles. The molecule has 1 aromatic rings. The van der Waals surface area contributed by atoms with Crippen molar-refractivity contribution in [3.8, 4) is 0 Å². The molecule has 98 valence electrons. The summed E-state index contributed by atoms with van der Waals surface area (Å²) in [6.07, 6.45) is 7.16. The fraction of sp³-hybridized carbons (Fsp3) is 0.643. The van der Waals surface area contributed by atoms with Crippen LogP contribution in [-0.4, -0.2) is 28.7 Å². The summed E-state index contributed by atoms with van der Waals surface area (Å²) in [5.74, 6) is 0.263. The minimum absolute atomic E-state index is 0.263. The first-order chi connectivity index (χ1) is 8.79. The predicted molar refractivity (Wildman–Crippen MR) is 78.8 cm³/mol. The molecule has 1 amide bonds. The van der Waals surface area contributed by atoms with Crippen LogP contribution in [0, 0.1) is 0 Å². The molecule has 0 spiro atoms. The normalized spacial score (nSPS) is 23.2. The SMILES string of the molecule is O=C(c1cc2c(s1)CCC2)N1CCCCC1CBr. The zero-order valence-electron chi connectivity index (χ0n) is 10.5. The van der Waals surface area contributed by atoms with E-state index in [9.17, 15) is 4.79 Å². The number of piperidine rings is 1. The van der Waals surface area contributed by atoms with E-state index in [0.717, 1.165) is 29.6 Å². The number of rotatable bonds is 2. The van der Waals surface area contributed by atoms with Gasteiger partial charge >= 0.3 is 0 Å². The lowest BCUT2D eigenvalue weighted by Gasteiger charge is -2.34. The molecule has 1 aliphatic carbocycles. The van der Waals surface area contributed by atoms with Crippen LogP contribution in [0.2, 0.25) is 0 Å². The number of fused-ring (bicyclic) bond motifs is 1. The van der Waals surface area contributed by atoms with Crippen LogP contribution in [0.4, 0.5) is 0 Å². The number of likely N-dealkylation sites (tertiary alicyclic amines) is 1. The number of hydrogen-bond acceptors (Lipinski definition) is 2. The smallest absolute Gasteiger partial charge is 0.264 e. The van der Waals surface area contributed by atoms with Gasteiger partial charge in [-0.2, -0.15) is 0 Å². The van der Waals surface area contributed by atoms with Gasteiger partial charge in [0.2, 0.25) is 0 Å². The largest absolute Gasteiger partial charge is 0.334 e. The molecular formula is C14H18BrNOS. The zero-order chi connectivity index (χ0) is 12.5. The zero-order valence-corrected chi connectivity index (χ0v) is 12.9. The van der Waals surface area contributed by atoms with E-state index >= 15 is 0 Å². The first-order valence-electron chi connectivity index (χ1n) is 6.78. The fourth-order valence-corrected chi connectivity index (χ4v) is 4.89. The van der Waals surface area contributed by atoms with E-state index in [4.69, 9.17) is 0 Å². The van der Waals surface area contributed by atoms with Gasteiger partial charge in [0.25, 0.3) is 5.91 Å². The summed E-state index contributed by atoms with van der Waals surface area (Å²) < 4.78 is 0. The van der Waals surface area contributed by atoms with Gasteiger partial charge in [-0.1, -0.05) is 15.9 Å². The quantitative estimate of drug-likeness (QED) is 0.759. The van der Waals surface area contributed by atoms with E-state index in [0.29, 0.717) is 6.04 Å². The van der Waals surface area contributed by atoms with Crippen molar-refractivity contribution in [1.82, 2.24) is 4.90 Å². The Labute approximate surface area is 120 Å². The van der Waals surface area contributed by atoms with Gasteiger partial charge in [-0.3, -0.25) is 4.79 Å². The number of carbonyl (C=O) groups is 1. The molecule has 0 aromatic carbocycles. The second kappa shape index (κ2) is 5.33. The van der Waals surface area contributed by atoms with Crippen LogP contribution < -0.4 is 0 Å². The standard InChI is InChI=1S/C14H18BrNOS/c15-9-11-5-1-2-7-16(11)14(17)13-8-10-4-3-6-12(10)18-13/h8,11H,1-7,9H2. The number of amides is 1.